The Hall–Kier alpha value is -1.18. The summed E-state index contributed by atoms with van der Waals surface area (Å²) >= 11 is 0. The molecule has 1 saturated heterocycles. The van der Waals surface area contributed by atoms with Crippen molar-refractivity contribution in [3.63, 3.8) is 0 Å². The molecule has 0 aliphatic carbocycles. The molecule has 1 atom stereocenters. The molecule has 0 aromatic heterocycles. The quantitative estimate of drug-likeness (QED) is 0.514. The second-order valence-electron chi connectivity index (χ2n) is 5.30. The van der Waals surface area contributed by atoms with Crippen LogP contribution in [0.5, 0.6) is 0 Å². The molecule has 7 nitrogen and oxygen atoms in total. The molecule has 0 spiro atoms. The first-order chi connectivity index (χ1) is 9.44. The Balaban J connectivity index is 2.20. The van der Waals surface area contributed by atoms with Gasteiger partial charge in [-0.1, -0.05) is 0 Å². The second kappa shape index (κ2) is 8.18. The van der Waals surface area contributed by atoms with Gasteiger partial charge in [-0.05, 0) is 32.9 Å². The highest BCUT2D eigenvalue weighted by atomic mass is 16.5. The number of hydrogen-bond donors (Lipinski definition) is 3. The maximum atomic E-state index is 11.1. The molecule has 1 aliphatic rings. The molecule has 1 unspecified atom stereocenters. The first kappa shape index (κ1) is 16.9. The summed E-state index contributed by atoms with van der Waals surface area (Å²) in [5.74, 6) is -2.25. The molecule has 0 aromatic rings. The molecule has 3 N–H and O–H groups in total. The van der Waals surface area contributed by atoms with Gasteiger partial charge in [-0.15, -0.1) is 0 Å². The Labute approximate surface area is 118 Å². The van der Waals surface area contributed by atoms with E-state index in [-0.39, 0.29) is 0 Å². The molecule has 20 heavy (non-hydrogen) atoms. The van der Waals surface area contributed by atoms with E-state index in [4.69, 9.17) is 14.9 Å². The molecule has 1 fully saturated rings. The number of rotatable bonds is 9. The monoisotopic (exact) mass is 288 g/mol. The summed E-state index contributed by atoms with van der Waals surface area (Å²) < 4.78 is 5.26. The molecule has 0 radical (unpaired) electrons. The van der Waals surface area contributed by atoms with Gasteiger partial charge in [0, 0.05) is 13.1 Å². The van der Waals surface area contributed by atoms with Crippen LogP contribution in [-0.2, 0) is 14.3 Å². The largest absolute Gasteiger partial charge is 0.481 e. The lowest BCUT2D eigenvalue weighted by atomic mass is 9.98. The SMILES string of the molecule is CC(CC(=O)O)(NCCCCN1CCOCC1)C(=O)O. The molecule has 0 bridgehead atoms. The van der Waals surface area contributed by atoms with Crippen molar-refractivity contribution in [2.45, 2.75) is 31.7 Å². The summed E-state index contributed by atoms with van der Waals surface area (Å²) in [6, 6.07) is 0. The van der Waals surface area contributed by atoms with Gasteiger partial charge in [0.1, 0.15) is 5.54 Å². The van der Waals surface area contributed by atoms with Crippen LogP contribution < -0.4 is 5.32 Å². The molecule has 1 rings (SSSR count). The normalized spacial score (nSPS) is 19.4. The van der Waals surface area contributed by atoms with E-state index in [1.165, 1.54) is 6.92 Å². The van der Waals surface area contributed by atoms with Crippen LogP contribution in [0.25, 0.3) is 0 Å². The minimum absolute atomic E-state index is 0.425. The number of ether oxygens (including phenoxy) is 1. The van der Waals surface area contributed by atoms with Crippen molar-refractivity contribution in [1.29, 1.82) is 0 Å². The van der Waals surface area contributed by atoms with Gasteiger partial charge in [-0.25, -0.2) is 0 Å². The molecule has 0 aromatic carbocycles. The number of nitrogens with zero attached hydrogens (tertiary/aromatic N) is 1. The summed E-state index contributed by atoms with van der Waals surface area (Å²) in [7, 11) is 0. The predicted octanol–water partition coefficient (Wildman–Crippen LogP) is 0.00640. The molecule has 7 heteroatoms. The zero-order valence-electron chi connectivity index (χ0n) is 11.9. The van der Waals surface area contributed by atoms with Crippen molar-refractivity contribution in [2.24, 2.45) is 0 Å². The van der Waals surface area contributed by atoms with Crippen molar-refractivity contribution >= 4 is 11.9 Å². The standard InChI is InChI=1S/C13H24N2O5/c1-13(12(18)19,10-11(16)17)14-4-2-3-5-15-6-8-20-9-7-15/h14H,2-10H2,1H3,(H,16,17)(H,18,19). The fourth-order valence-corrected chi connectivity index (χ4v) is 2.17. The van der Waals surface area contributed by atoms with E-state index in [9.17, 15) is 9.59 Å². The zero-order valence-corrected chi connectivity index (χ0v) is 11.9. The lowest BCUT2D eigenvalue weighted by Gasteiger charge is -2.27. The third kappa shape index (κ3) is 5.85. The highest BCUT2D eigenvalue weighted by molar-refractivity contribution is 5.84. The van der Waals surface area contributed by atoms with Gasteiger partial charge in [0.15, 0.2) is 0 Å². The Morgan fingerprint density at radius 1 is 1.25 bits per heavy atom. The topological polar surface area (TPSA) is 99.1 Å². The van der Waals surface area contributed by atoms with Gasteiger partial charge in [-0.2, -0.15) is 0 Å². The summed E-state index contributed by atoms with van der Waals surface area (Å²) in [6.07, 6.45) is 1.35. The average molecular weight is 288 g/mol. The fourth-order valence-electron chi connectivity index (χ4n) is 2.17. The van der Waals surface area contributed by atoms with Crippen LogP contribution in [0.2, 0.25) is 0 Å². The van der Waals surface area contributed by atoms with Gasteiger partial charge in [0.05, 0.1) is 19.6 Å². The lowest BCUT2D eigenvalue weighted by molar-refractivity contribution is -0.150. The third-order valence-corrected chi connectivity index (χ3v) is 3.50. The Morgan fingerprint density at radius 3 is 2.45 bits per heavy atom. The van der Waals surface area contributed by atoms with Crippen LogP contribution >= 0.6 is 0 Å². The smallest absolute Gasteiger partial charge is 0.324 e. The maximum absolute atomic E-state index is 11.1. The summed E-state index contributed by atoms with van der Waals surface area (Å²) in [6.45, 7) is 6.31. The number of carboxylic acids is 2. The van der Waals surface area contributed by atoms with Crippen LogP contribution in [0.4, 0.5) is 0 Å². The number of unbranched alkanes of at least 4 members (excludes halogenated alkanes) is 1. The van der Waals surface area contributed by atoms with E-state index >= 15 is 0 Å². The van der Waals surface area contributed by atoms with Crippen LogP contribution in [0.15, 0.2) is 0 Å². The summed E-state index contributed by atoms with van der Waals surface area (Å²) in [4.78, 5) is 24.1. The zero-order chi connectivity index (χ0) is 15.0. The van der Waals surface area contributed by atoms with Gasteiger partial charge in [0.2, 0.25) is 0 Å². The van der Waals surface area contributed by atoms with Gasteiger partial charge in [0.25, 0.3) is 0 Å². The van der Waals surface area contributed by atoms with Crippen molar-refractivity contribution in [3.05, 3.63) is 0 Å². The van der Waals surface area contributed by atoms with Crippen LogP contribution in [0, 0.1) is 0 Å². The Bertz CT molecular complexity index is 331. The van der Waals surface area contributed by atoms with Crippen LogP contribution in [0.3, 0.4) is 0 Å². The number of hydrogen-bond acceptors (Lipinski definition) is 5. The van der Waals surface area contributed by atoms with Crippen molar-refractivity contribution in [2.75, 3.05) is 39.4 Å². The lowest BCUT2D eigenvalue weighted by Crippen LogP contribution is -2.51. The van der Waals surface area contributed by atoms with E-state index in [0.29, 0.717) is 6.54 Å². The fraction of sp³-hybridized carbons (Fsp3) is 0.846. The van der Waals surface area contributed by atoms with Crippen molar-refractivity contribution in [1.82, 2.24) is 10.2 Å². The minimum atomic E-state index is -1.40. The first-order valence-electron chi connectivity index (χ1n) is 6.94. The number of morpholine rings is 1. The Morgan fingerprint density at radius 2 is 1.90 bits per heavy atom. The van der Waals surface area contributed by atoms with Gasteiger partial charge < -0.3 is 20.3 Å². The molecule has 1 aliphatic heterocycles. The van der Waals surface area contributed by atoms with Crippen molar-refractivity contribution < 1.29 is 24.5 Å². The van der Waals surface area contributed by atoms with E-state index < -0.39 is 23.9 Å². The molecular weight excluding hydrogens is 264 g/mol. The third-order valence-electron chi connectivity index (χ3n) is 3.50. The number of nitrogens with one attached hydrogen (secondary N) is 1. The molecular formula is C13H24N2O5. The summed E-state index contributed by atoms with van der Waals surface area (Å²) in [5, 5.41) is 20.7. The van der Waals surface area contributed by atoms with Crippen LogP contribution in [-0.4, -0.2) is 72.0 Å². The molecule has 1 heterocycles. The number of carbonyl (C=O) groups is 2. The Kier molecular flexibility index (Phi) is 6.90. The number of carboxylic acid groups (broad SMARTS) is 2. The molecule has 0 saturated carbocycles. The average Bonchev–Trinajstić information content (AvgIpc) is 2.38. The first-order valence-corrected chi connectivity index (χ1v) is 6.94. The van der Waals surface area contributed by atoms with Gasteiger partial charge in [-0.3, -0.25) is 14.5 Å². The number of aliphatic carboxylic acids is 2. The molecule has 0 amide bonds. The van der Waals surface area contributed by atoms with E-state index in [0.717, 1.165) is 45.7 Å². The van der Waals surface area contributed by atoms with E-state index in [2.05, 4.69) is 10.2 Å². The highest BCUT2D eigenvalue weighted by Crippen LogP contribution is 2.10. The predicted molar refractivity (Wildman–Crippen MR) is 72.8 cm³/mol. The van der Waals surface area contributed by atoms with Crippen LogP contribution in [0.1, 0.15) is 26.2 Å². The summed E-state index contributed by atoms with van der Waals surface area (Å²) in [5.41, 5.74) is -1.40. The second-order valence-corrected chi connectivity index (χ2v) is 5.30. The van der Waals surface area contributed by atoms with Gasteiger partial charge >= 0.3 is 11.9 Å². The van der Waals surface area contributed by atoms with E-state index in [1.54, 1.807) is 0 Å². The van der Waals surface area contributed by atoms with Crippen molar-refractivity contribution in [3.8, 4) is 0 Å². The molecule has 116 valence electrons. The highest BCUT2D eigenvalue weighted by Gasteiger charge is 2.34. The minimum Gasteiger partial charge on any atom is -0.481 e. The maximum Gasteiger partial charge on any atom is 0.324 e. The van der Waals surface area contributed by atoms with E-state index in [1.807, 2.05) is 0 Å².